The molecule has 0 saturated heterocycles. The number of carbonyl (C=O) groups is 2. The van der Waals surface area contributed by atoms with E-state index in [-0.39, 0.29) is 11.8 Å². The van der Waals surface area contributed by atoms with Crippen LogP contribution in [0.5, 0.6) is 0 Å². The van der Waals surface area contributed by atoms with Gasteiger partial charge < -0.3 is 15.1 Å². The number of quaternary nitrogens is 1. The molecule has 6 heteroatoms. The van der Waals surface area contributed by atoms with Crippen molar-refractivity contribution in [3.05, 3.63) is 34.9 Å². The Hall–Kier alpha value is -1.59. The summed E-state index contributed by atoms with van der Waals surface area (Å²) in [5, 5.41) is 3.60. The number of rotatable bonds is 7. The predicted molar refractivity (Wildman–Crippen MR) is 85.7 cm³/mol. The Balaban J connectivity index is 1.76. The lowest BCUT2D eigenvalue weighted by Crippen LogP contribution is -3.11. The van der Waals surface area contributed by atoms with Crippen LogP contribution in [0.2, 0.25) is 5.02 Å². The summed E-state index contributed by atoms with van der Waals surface area (Å²) in [6, 6.07) is 7.83. The van der Waals surface area contributed by atoms with Crippen molar-refractivity contribution in [2.75, 3.05) is 27.2 Å². The number of hydrogen-bond donors (Lipinski definition) is 2. The van der Waals surface area contributed by atoms with Crippen molar-refractivity contribution >= 4 is 23.4 Å². The topological polar surface area (TPSA) is 53.9 Å². The van der Waals surface area contributed by atoms with E-state index in [1.807, 2.05) is 31.3 Å². The monoisotopic (exact) mass is 324 g/mol. The highest BCUT2D eigenvalue weighted by Gasteiger charge is 2.25. The molecule has 1 atom stereocenters. The van der Waals surface area contributed by atoms with Gasteiger partial charge in [0.05, 0.1) is 7.05 Å². The Labute approximate surface area is 136 Å². The Morgan fingerprint density at radius 3 is 2.73 bits per heavy atom. The molecule has 2 N–H and O–H groups in total. The van der Waals surface area contributed by atoms with Crippen LogP contribution in [-0.2, 0) is 16.1 Å². The van der Waals surface area contributed by atoms with Crippen molar-refractivity contribution in [3.63, 3.8) is 0 Å². The van der Waals surface area contributed by atoms with Gasteiger partial charge in [0.2, 0.25) is 0 Å². The standard InChI is InChI=1S/C16H22ClN3O2/c1-19(10-15(21)18-14-6-7-14)11-16(22)20(2)9-12-4-3-5-13(17)8-12/h3-5,8,14H,6-7,9-11H2,1-2H3,(H,18,21)/p+1. The van der Waals surface area contributed by atoms with Gasteiger partial charge in [0.25, 0.3) is 11.8 Å². The number of amides is 2. The van der Waals surface area contributed by atoms with E-state index in [9.17, 15) is 9.59 Å². The number of carbonyl (C=O) groups excluding carboxylic acids is 2. The fourth-order valence-corrected chi connectivity index (χ4v) is 2.45. The Morgan fingerprint density at radius 2 is 2.09 bits per heavy atom. The van der Waals surface area contributed by atoms with Crippen molar-refractivity contribution in [2.24, 2.45) is 0 Å². The number of likely N-dealkylation sites (N-methyl/N-ethyl adjacent to an activating group) is 2. The number of hydrogen-bond acceptors (Lipinski definition) is 2. The second-order valence-corrected chi connectivity index (χ2v) is 6.47. The second-order valence-electron chi connectivity index (χ2n) is 6.03. The van der Waals surface area contributed by atoms with Gasteiger partial charge in [-0.25, -0.2) is 0 Å². The molecule has 2 rings (SSSR count). The SMILES string of the molecule is CN(Cc1cccc(Cl)c1)C(=O)C[NH+](C)CC(=O)NC1CC1. The molecule has 1 aromatic rings. The highest BCUT2D eigenvalue weighted by molar-refractivity contribution is 6.30. The first kappa shape index (κ1) is 16.8. The number of benzene rings is 1. The molecule has 2 amide bonds. The first-order valence-electron chi connectivity index (χ1n) is 7.53. The summed E-state index contributed by atoms with van der Waals surface area (Å²) in [7, 11) is 3.62. The summed E-state index contributed by atoms with van der Waals surface area (Å²) in [5.41, 5.74) is 0.993. The molecule has 0 heterocycles. The molecule has 0 aromatic heterocycles. The molecule has 1 aliphatic rings. The molecule has 1 saturated carbocycles. The van der Waals surface area contributed by atoms with E-state index in [4.69, 9.17) is 11.6 Å². The molecule has 1 unspecified atom stereocenters. The van der Waals surface area contributed by atoms with E-state index in [1.165, 1.54) is 0 Å². The number of nitrogens with zero attached hydrogens (tertiary/aromatic N) is 1. The third kappa shape index (κ3) is 5.66. The first-order valence-corrected chi connectivity index (χ1v) is 7.91. The zero-order valence-corrected chi connectivity index (χ0v) is 13.8. The van der Waals surface area contributed by atoms with Crippen molar-refractivity contribution in [3.8, 4) is 0 Å². The molecule has 5 nitrogen and oxygen atoms in total. The van der Waals surface area contributed by atoms with Crippen LogP contribution in [0.15, 0.2) is 24.3 Å². The van der Waals surface area contributed by atoms with E-state index in [0.29, 0.717) is 30.7 Å². The van der Waals surface area contributed by atoms with Crippen LogP contribution in [0.1, 0.15) is 18.4 Å². The van der Waals surface area contributed by atoms with Crippen LogP contribution in [0, 0.1) is 0 Å². The minimum atomic E-state index is 0.0108. The zero-order valence-electron chi connectivity index (χ0n) is 13.1. The maximum absolute atomic E-state index is 12.2. The first-order chi connectivity index (χ1) is 10.4. The van der Waals surface area contributed by atoms with E-state index >= 15 is 0 Å². The molecular formula is C16H23ClN3O2+. The molecule has 0 radical (unpaired) electrons. The fourth-order valence-electron chi connectivity index (χ4n) is 2.23. The molecule has 1 aliphatic carbocycles. The van der Waals surface area contributed by atoms with Gasteiger partial charge in [-0.15, -0.1) is 0 Å². The van der Waals surface area contributed by atoms with E-state index in [0.717, 1.165) is 23.3 Å². The minimum Gasteiger partial charge on any atom is -0.348 e. The van der Waals surface area contributed by atoms with Gasteiger partial charge in [-0.05, 0) is 30.5 Å². The lowest BCUT2D eigenvalue weighted by molar-refractivity contribution is -0.863. The summed E-state index contributed by atoms with van der Waals surface area (Å²) in [6.07, 6.45) is 2.15. The number of halogens is 1. The average molecular weight is 325 g/mol. The van der Waals surface area contributed by atoms with Crippen molar-refractivity contribution in [1.29, 1.82) is 0 Å². The highest BCUT2D eigenvalue weighted by atomic mass is 35.5. The third-order valence-corrected chi connectivity index (χ3v) is 3.83. The van der Waals surface area contributed by atoms with Crippen molar-refractivity contribution in [1.82, 2.24) is 10.2 Å². The average Bonchev–Trinajstić information content (AvgIpc) is 3.22. The highest BCUT2D eigenvalue weighted by Crippen LogP contribution is 2.18. The van der Waals surface area contributed by atoms with Crippen LogP contribution < -0.4 is 10.2 Å². The summed E-state index contributed by atoms with van der Waals surface area (Å²) < 4.78 is 0. The van der Waals surface area contributed by atoms with E-state index in [1.54, 1.807) is 11.9 Å². The Bertz CT molecular complexity index is 546. The Kier molecular flexibility index (Phi) is 5.80. The van der Waals surface area contributed by atoms with Crippen LogP contribution >= 0.6 is 11.6 Å². The molecule has 1 aromatic carbocycles. The summed E-state index contributed by atoms with van der Waals surface area (Å²) in [5.74, 6) is 0.0296. The van der Waals surface area contributed by atoms with Gasteiger partial charge in [0, 0.05) is 24.7 Å². The second kappa shape index (κ2) is 7.61. The molecule has 0 spiro atoms. The van der Waals surface area contributed by atoms with Gasteiger partial charge in [-0.1, -0.05) is 23.7 Å². The third-order valence-electron chi connectivity index (χ3n) is 3.59. The van der Waals surface area contributed by atoms with Crippen molar-refractivity contribution in [2.45, 2.75) is 25.4 Å². The van der Waals surface area contributed by atoms with Crippen LogP contribution in [-0.4, -0.2) is 49.9 Å². The molecule has 120 valence electrons. The van der Waals surface area contributed by atoms with Crippen LogP contribution in [0.25, 0.3) is 0 Å². The van der Waals surface area contributed by atoms with Crippen molar-refractivity contribution < 1.29 is 14.5 Å². The normalized spacial score (nSPS) is 15.2. The lowest BCUT2D eigenvalue weighted by Gasteiger charge is -2.20. The van der Waals surface area contributed by atoms with Gasteiger partial charge in [-0.2, -0.15) is 0 Å². The largest absolute Gasteiger partial charge is 0.348 e. The lowest BCUT2D eigenvalue weighted by atomic mass is 10.2. The van der Waals surface area contributed by atoms with Gasteiger partial charge in [0.15, 0.2) is 13.1 Å². The zero-order chi connectivity index (χ0) is 16.1. The minimum absolute atomic E-state index is 0.0108. The van der Waals surface area contributed by atoms with Crippen LogP contribution in [0.4, 0.5) is 0 Å². The van der Waals surface area contributed by atoms with E-state index < -0.39 is 0 Å². The maximum Gasteiger partial charge on any atom is 0.277 e. The van der Waals surface area contributed by atoms with E-state index in [2.05, 4.69) is 5.32 Å². The molecule has 1 fully saturated rings. The summed E-state index contributed by atoms with van der Waals surface area (Å²) in [4.78, 5) is 26.5. The summed E-state index contributed by atoms with van der Waals surface area (Å²) in [6.45, 7) is 1.14. The Morgan fingerprint density at radius 1 is 1.36 bits per heavy atom. The smallest absolute Gasteiger partial charge is 0.277 e. The molecule has 22 heavy (non-hydrogen) atoms. The molecule has 0 bridgehead atoms. The fraction of sp³-hybridized carbons (Fsp3) is 0.500. The van der Waals surface area contributed by atoms with Gasteiger partial charge >= 0.3 is 0 Å². The van der Waals surface area contributed by atoms with Gasteiger partial charge in [-0.3, -0.25) is 9.59 Å². The molecular weight excluding hydrogens is 302 g/mol. The van der Waals surface area contributed by atoms with Gasteiger partial charge in [0.1, 0.15) is 0 Å². The van der Waals surface area contributed by atoms with Crippen LogP contribution in [0.3, 0.4) is 0 Å². The maximum atomic E-state index is 12.2. The summed E-state index contributed by atoms with van der Waals surface area (Å²) >= 11 is 5.94. The predicted octanol–water partition coefficient (Wildman–Crippen LogP) is 0.0917. The molecule has 0 aliphatic heterocycles. The quantitative estimate of drug-likeness (QED) is 0.747. The number of nitrogens with one attached hydrogen (secondary N) is 2.